The first-order valence-electron chi connectivity index (χ1n) is 4.91. The maximum Gasteiger partial charge on any atom is 0.265 e. The van der Waals surface area contributed by atoms with Crippen LogP contribution in [-0.2, 0) is 6.54 Å². The predicted octanol–water partition coefficient (Wildman–Crippen LogP) is 1.63. The number of hydrogen-bond donors (Lipinski definition) is 1. The van der Waals surface area contributed by atoms with Crippen molar-refractivity contribution in [2.24, 2.45) is 0 Å². The second-order valence-corrected chi connectivity index (χ2v) is 4.41. The molecule has 0 bridgehead atoms. The van der Waals surface area contributed by atoms with Crippen LogP contribution in [0.5, 0.6) is 0 Å². The molecule has 1 aromatic heterocycles. The van der Waals surface area contributed by atoms with E-state index >= 15 is 0 Å². The number of halogens is 3. The van der Waals surface area contributed by atoms with Gasteiger partial charge >= 0.3 is 0 Å². The van der Waals surface area contributed by atoms with Gasteiger partial charge in [-0.1, -0.05) is 0 Å². The van der Waals surface area contributed by atoms with Gasteiger partial charge in [0.15, 0.2) is 0 Å². The van der Waals surface area contributed by atoms with Crippen LogP contribution < -0.4 is 11.1 Å². The zero-order chi connectivity index (χ0) is 13.3. The molecule has 0 saturated carbocycles. The Labute approximate surface area is 108 Å². The van der Waals surface area contributed by atoms with E-state index < -0.39 is 22.8 Å². The molecule has 0 aliphatic carbocycles. The van der Waals surface area contributed by atoms with Crippen LogP contribution in [0, 0.1) is 11.6 Å². The van der Waals surface area contributed by atoms with Crippen LogP contribution in [0.25, 0.3) is 0 Å². The van der Waals surface area contributed by atoms with Crippen molar-refractivity contribution in [3.8, 4) is 0 Å². The molecule has 1 N–H and O–H groups in total. The normalized spacial score (nSPS) is 10.6. The Balaban J connectivity index is 2.53. The SMILES string of the molecule is O=c1ccc(=O)n(Cc2c(F)ccc(Br)c2F)[nH]1. The summed E-state index contributed by atoms with van der Waals surface area (Å²) < 4.78 is 28.1. The topological polar surface area (TPSA) is 54.9 Å². The van der Waals surface area contributed by atoms with Crippen molar-refractivity contribution in [2.45, 2.75) is 6.54 Å². The monoisotopic (exact) mass is 316 g/mol. The first-order valence-corrected chi connectivity index (χ1v) is 5.71. The summed E-state index contributed by atoms with van der Waals surface area (Å²) >= 11 is 2.93. The standard InChI is InChI=1S/C11H7BrF2N2O2/c12-7-1-2-8(13)6(11(7)14)5-16-10(18)4-3-9(17)15-16/h1-4H,5H2,(H,15,17). The van der Waals surface area contributed by atoms with E-state index in [0.29, 0.717) is 0 Å². The third-order valence-corrected chi connectivity index (χ3v) is 2.96. The quantitative estimate of drug-likeness (QED) is 0.856. The fourth-order valence-corrected chi connectivity index (χ4v) is 1.82. The van der Waals surface area contributed by atoms with Gasteiger partial charge in [0.25, 0.3) is 11.1 Å². The maximum atomic E-state index is 13.7. The Bertz CT molecular complexity index is 709. The smallest absolute Gasteiger partial charge is 0.265 e. The molecule has 2 aromatic rings. The van der Waals surface area contributed by atoms with E-state index in [1.807, 2.05) is 0 Å². The molecule has 0 fully saturated rings. The van der Waals surface area contributed by atoms with Crippen molar-refractivity contribution in [3.05, 3.63) is 66.6 Å². The van der Waals surface area contributed by atoms with Crippen LogP contribution in [0.2, 0.25) is 0 Å². The number of hydrogen-bond acceptors (Lipinski definition) is 2. The third-order valence-electron chi connectivity index (χ3n) is 2.34. The first-order chi connectivity index (χ1) is 8.49. The van der Waals surface area contributed by atoms with Gasteiger partial charge in [0.2, 0.25) is 0 Å². The molecule has 0 aliphatic heterocycles. The van der Waals surface area contributed by atoms with Gasteiger partial charge in [-0.05, 0) is 28.1 Å². The van der Waals surface area contributed by atoms with Gasteiger partial charge in [0.1, 0.15) is 11.6 Å². The Morgan fingerprint density at radius 2 is 1.89 bits per heavy atom. The summed E-state index contributed by atoms with van der Waals surface area (Å²) in [5, 5.41) is 2.20. The molecule has 4 nitrogen and oxygen atoms in total. The number of nitrogens with zero attached hydrogens (tertiary/aromatic N) is 1. The van der Waals surface area contributed by atoms with E-state index in [2.05, 4.69) is 21.0 Å². The maximum absolute atomic E-state index is 13.7. The lowest BCUT2D eigenvalue weighted by Gasteiger charge is -2.08. The van der Waals surface area contributed by atoms with E-state index in [-0.39, 0.29) is 16.6 Å². The number of benzene rings is 1. The summed E-state index contributed by atoms with van der Waals surface area (Å²) in [6.45, 7) is -0.383. The molecule has 18 heavy (non-hydrogen) atoms. The Morgan fingerprint density at radius 3 is 2.61 bits per heavy atom. The number of nitrogens with one attached hydrogen (secondary N) is 1. The lowest BCUT2D eigenvalue weighted by molar-refractivity contribution is 0.519. The molecule has 7 heteroatoms. The van der Waals surface area contributed by atoms with E-state index in [0.717, 1.165) is 22.9 Å². The van der Waals surface area contributed by atoms with Gasteiger partial charge in [0, 0.05) is 17.7 Å². The molecule has 0 spiro atoms. The third kappa shape index (κ3) is 2.40. The van der Waals surface area contributed by atoms with Crippen LogP contribution >= 0.6 is 15.9 Å². The summed E-state index contributed by atoms with van der Waals surface area (Å²) in [7, 11) is 0. The number of aromatic nitrogens is 2. The van der Waals surface area contributed by atoms with Gasteiger partial charge < -0.3 is 0 Å². The van der Waals surface area contributed by atoms with Crippen molar-refractivity contribution < 1.29 is 8.78 Å². The summed E-state index contributed by atoms with van der Waals surface area (Å²) in [5.41, 5.74) is -1.37. The number of aromatic amines is 1. The van der Waals surface area contributed by atoms with E-state index in [4.69, 9.17) is 0 Å². The molecule has 0 amide bonds. The average molecular weight is 317 g/mol. The summed E-state index contributed by atoms with van der Waals surface area (Å²) in [5.74, 6) is -1.58. The molecular weight excluding hydrogens is 310 g/mol. The molecule has 0 unspecified atom stereocenters. The Morgan fingerprint density at radius 1 is 1.17 bits per heavy atom. The largest absolute Gasteiger partial charge is 0.268 e. The van der Waals surface area contributed by atoms with Gasteiger partial charge in [-0.15, -0.1) is 0 Å². The van der Waals surface area contributed by atoms with Crippen molar-refractivity contribution in [1.29, 1.82) is 0 Å². The fraction of sp³-hybridized carbons (Fsp3) is 0.0909. The van der Waals surface area contributed by atoms with Crippen molar-refractivity contribution >= 4 is 15.9 Å². The molecule has 0 atom stereocenters. The Hall–Kier alpha value is -1.76. The van der Waals surface area contributed by atoms with Gasteiger partial charge in [0.05, 0.1) is 11.0 Å². The average Bonchev–Trinajstić information content (AvgIpc) is 2.34. The highest BCUT2D eigenvalue weighted by Gasteiger charge is 2.13. The fourth-order valence-electron chi connectivity index (χ4n) is 1.45. The second kappa shape index (κ2) is 4.85. The lowest BCUT2D eigenvalue weighted by Crippen LogP contribution is -2.29. The minimum atomic E-state index is -0.799. The molecule has 1 heterocycles. The second-order valence-electron chi connectivity index (χ2n) is 3.56. The zero-order valence-corrected chi connectivity index (χ0v) is 10.5. The lowest BCUT2D eigenvalue weighted by atomic mass is 10.2. The zero-order valence-electron chi connectivity index (χ0n) is 8.91. The van der Waals surface area contributed by atoms with Crippen LogP contribution in [0.3, 0.4) is 0 Å². The van der Waals surface area contributed by atoms with Crippen LogP contribution in [0.4, 0.5) is 8.78 Å². The summed E-state index contributed by atoms with van der Waals surface area (Å²) in [6.07, 6.45) is 0. The van der Waals surface area contributed by atoms with E-state index in [9.17, 15) is 18.4 Å². The highest BCUT2D eigenvalue weighted by molar-refractivity contribution is 9.10. The van der Waals surface area contributed by atoms with Crippen LogP contribution in [-0.4, -0.2) is 9.78 Å². The van der Waals surface area contributed by atoms with Gasteiger partial charge in [-0.3, -0.25) is 14.7 Å². The van der Waals surface area contributed by atoms with Crippen LogP contribution in [0.1, 0.15) is 5.56 Å². The first kappa shape index (κ1) is 12.7. The minimum Gasteiger partial charge on any atom is -0.268 e. The summed E-state index contributed by atoms with van der Waals surface area (Å²) in [6, 6.07) is 4.39. The summed E-state index contributed by atoms with van der Waals surface area (Å²) in [4.78, 5) is 22.5. The van der Waals surface area contributed by atoms with E-state index in [1.165, 1.54) is 6.07 Å². The van der Waals surface area contributed by atoms with Crippen LogP contribution in [0.15, 0.2) is 38.3 Å². The molecule has 0 aliphatic rings. The van der Waals surface area contributed by atoms with E-state index in [1.54, 1.807) is 0 Å². The molecule has 2 rings (SSSR count). The van der Waals surface area contributed by atoms with Gasteiger partial charge in [-0.25, -0.2) is 13.5 Å². The molecule has 94 valence electrons. The molecule has 0 saturated heterocycles. The number of rotatable bonds is 2. The highest BCUT2D eigenvalue weighted by atomic mass is 79.9. The van der Waals surface area contributed by atoms with Crippen molar-refractivity contribution in [2.75, 3.05) is 0 Å². The predicted molar refractivity (Wildman–Crippen MR) is 64.5 cm³/mol. The minimum absolute atomic E-state index is 0.0882. The number of H-pyrrole nitrogens is 1. The van der Waals surface area contributed by atoms with Gasteiger partial charge in [-0.2, -0.15) is 0 Å². The van der Waals surface area contributed by atoms with Crippen molar-refractivity contribution in [3.63, 3.8) is 0 Å². The Kier molecular flexibility index (Phi) is 3.42. The molecule has 0 radical (unpaired) electrons. The molecule has 1 aromatic carbocycles. The molecular formula is C11H7BrF2N2O2. The van der Waals surface area contributed by atoms with Crippen molar-refractivity contribution in [1.82, 2.24) is 9.78 Å². The highest BCUT2D eigenvalue weighted by Crippen LogP contribution is 2.21.